The average Bonchev–Trinajstić information content (AvgIpc) is 2.57. The summed E-state index contributed by atoms with van der Waals surface area (Å²) < 4.78 is 6.06. The van der Waals surface area contributed by atoms with Crippen molar-refractivity contribution in [3.8, 4) is 5.75 Å². The van der Waals surface area contributed by atoms with Gasteiger partial charge in [-0.1, -0.05) is 57.2 Å². The zero-order chi connectivity index (χ0) is 17.4. The smallest absolute Gasteiger partial charge is 0.159 e. The van der Waals surface area contributed by atoms with Crippen molar-refractivity contribution in [3.63, 3.8) is 0 Å². The normalized spacial score (nSPS) is 12.3. The van der Waals surface area contributed by atoms with Crippen molar-refractivity contribution < 1.29 is 9.53 Å². The summed E-state index contributed by atoms with van der Waals surface area (Å²) in [5.74, 6) is 1.02. The zero-order valence-electron chi connectivity index (χ0n) is 15.3. The van der Waals surface area contributed by atoms with Crippen molar-refractivity contribution in [2.24, 2.45) is 0 Å². The van der Waals surface area contributed by atoms with Gasteiger partial charge in [-0.2, -0.15) is 0 Å². The Kier molecular flexibility index (Phi) is 7.30. The third-order valence-corrected chi connectivity index (χ3v) is 4.52. The molecule has 1 unspecified atom stereocenters. The van der Waals surface area contributed by atoms with Gasteiger partial charge < -0.3 is 4.74 Å². The number of carbonyl (C=O) groups excluding carboxylic acids is 1. The highest BCUT2D eigenvalue weighted by atomic mass is 16.5. The minimum atomic E-state index is 0.102. The molecule has 2 rings (SSSR count). The Labute approximate surface area is 146 Å². The van der Waals surface area contributed by atoms with Crippen LogP contribution in [0.25, 0.3) is 10.8 Å². The SMILES string of the molecule is CCCCCCCCC(C)Oc1ccc2cc(C(C)=O)ccc2c1. The number of rotatable bonds is 10. The van der Waals surface area contributed by atoms with E-state index in [1.54, 1.807) is 6.92 Å². The van der Waals surface area contributed by atoms with Crippen LogP contribution in [0.15, 0.2) is 36.4 Å². The molecule has 0 heterocycles. The topological polar surface area (TPSA) is 26.3 Å². The van der Waals surface area contributed by atoms with Gasteiger partial charge in [0.2, 0.25) is 0 Å². The van der Waals surface area contributed by atoms with Crippen molar-refractivity contribution in [1.29, 1.82) is 0 Å². The molecule has 2 aromatic rings. The molecular formula is C22H30O2. The molecule has 130 valence electrons. The average molecular weight is 326 g/mol. The zero-order valence-corrected chi connectivity index (χ0v) is 15.3. The third kappa shape index (κ3) is 5.67. The highest BCUT2D eigenvalue weighted by Crippen LogP contribution is 2.24. The molecule has 0 fully saturated rings. The molecule has 0 bridgehead atoms. The van der Waals surface area contributed by atoms with Gasteiger partial charge in [-0.05, 0) is 55.7 Å². The fourth-order valence-corrected chi connectivity index (χ4v) is 3.02. The summed E-state index contributed by atoms with van der Waals surface area (Å²) in [6, 6.07) is 11.9. The maximum Gasteiger partial charge on any atom is 0.159 e. The van der Waals surface area contributed by atoms with Gasteiger partial charge >= 0.3 is 0 Å². The Hall–Kier alpha value is -1.83. The lowest BCUT2D eigenvalue weighted by atomic mass is 10.0. The lowest BCUT2D eigenvalue weighted by molar-refractivity contribution is 0.101. The predicted molar refractivity (Wildman–Crippen MR) is 102 cm³/mol. The molecule has 2 heteroatoms. The van der Waals surface area contributed by atoms with Crippen LogP contribution in [0.2, 0.25) is 0 Å². The molecule has 0 aliphatic carbocycles. The van der Waals surface area contributed by atoms with E-state index in [-0.39, 0.29) is 11.9 Å². The Morgan fingerprint density at radius 1 is 0.958 bits per heavy atom. The molecule has 0 N–H and O–H groups in total. The summed E-state index contributed by atoms with van der Waals surface area (Å²) in [7, 11) is 0. The number of hydrogen-bond donors (Lipinski definition) is 0. The number of benzene rings is 2. The van der Waals surface area contributed by atoms with Crippen LogP contribution >= 0.6 is 0 Å². The fraction of sp³-hybridized carbons (Fsp3) is 0.500. The van der Waals surface area contributed by atoms with Gasteiger partial charge in [0.15, 0.2) is 5.78 Å². The minimum Gasteiger partial charge on any atom is -0.491 e. The van der Waals surface area contributed by atoms with Gasteiger partial charge in [-0.25, -0.2) is 0 Å². The third-order valence-electron chi connectivity index (χ3n) is 4.52. The molecule has 0 aliphatic heterocycles. The monoisotopic (exact) mass is 326 g/mol. The summed E-state index contributed by atoms with van der Waals surface area (Å²) in [6.07, 6.45) is 9.25. The van der Waals surface area contributed by atoms with E-state index in [4.69, 9.17) is 4.74 Å². The minimum absolute atomic E-state index is 0.102. The second-order valence-electron chi connectivity index (χ2n) is 6.76. The Morgan fingerprint density at radius 3 is 2.38 bits per heavy atom. The molecule has 0 saturated carbocycles. The molecule has 0 radical (unpaired) electrons. The maximum absolute atomic E-state index is 11.5. The highest BCUT2D eigenvalue weighted by Gasteiger charge is 2.06. The van der Waals surface area contributed by atoms with Crippen LogP contribution in [0.1, 0.15) is 76.1 Å². The van der Waals surface area contributed by atoms with Crippen molar-refractivity contribution >= 4 is 16.6 Å². The molecule has 2 aromatic carbocycles. The first-order valence-electron chi connectivity index (χ1n) is 9.31. The van der Waals surface area contributed by atoms with Crippen molar-refractivity contribution in [1.82, 2.24) is 0 Å². The van der Waals surface area contributed by atoms with Crippen molar-refractivity contribution in [3.05, 3.63) is 42.0 Å². The highest BCUT2D eigenvalue weighted by molar-refractivity contribution is 5.98. The van der Waals surface area contributed by atoms with E-state index in [9.17, 15) is 4.79 Å². The van der Waals surface area contributed by atoms with Crippen LogP contribution in [-0.2, 0) is 0 Å². The first-order valence-corrected chi connectivity index (χ1v) is 9.31. The van der Waals surface area contributed by atoms with Crippen molar-refractivity contribution in [2.45, 2.75) is 71.8 Å². The second-order valence-corrected chi connectivity index (χ2v) is 6.76. The molecular weight excluding hydrogens is 296 g/mol. The van der Waals surface area contributed by atoms with Gasteiger partial charge in [-0.15, -0.1) is 0 Å². The summed E-state index contributed by atoms with van der Waals surface area (Å²) in [6.45, 7) is 6.00. The Bertz CT molecular complexity index is 660. The summed E-state index contributed by atoms with van der Waals surface area (Å²) in [5.41, 5.74) is 0.757. The molecule has 0 aliphatic rings. The number of ether oxygens (including phenoxy) is 1. The van der Waals surface area contributed by atoms with Crippen LogP contribution < -0.4 is 4.74 Å². The molecule has 0 aromatic heterocycles. The van der Waals surface area contributed by atoms with E-state index in [0.29, 0.717) is 0 Å². The number of ketones is 1. The summed E-state index contributed by atoms with van der Waals surface area (Å²) in [4.78, 5) is 11.5. The van der Waals surface area contributed by atoms with E-state index in [2.05, 4.69) is 19.9 Å². The van der Waals surface area contributed by atoms with E-state index in [0.717, 1.165) is 28.5 Å². The molecule has 0 spiro atoms. The van der Waals surface area contributed by atoms with Crippen LogP contribution in [0, 0.1) is 0 Å². The summed E-state index contributed by atoms with van der Waals surface area (Å²) >= 11 is 0. The van der Waals surface area contributed by atoms with E-state index >= 15 is 0 Å². The molecule has 2 nitrogen and oxygen atoms in total. The molecule has 0 amide bonds. The fourth-order valence-electron chi connectivity index (χ4n) is 3.02. The van der Waals surface area contributed by atoms with Crippen molar-refractivity contribution in [2.75, 3.05) is 0 Å². The van der Waals surface area contributed by atoms with Gasteiger partial charge in [-0.3, -0.25) is 4.79 Å². The molecule has 0 saturated heterocycles. The largest absolute Gasteiger partial charge is 0.491 e. The van der Waals surface area contributed by atoms with E-state index < -0.39 is 0 Å². The van der Waals surface area contributed by atoms with Gasteiger partial charge in [0.05, 0.1) is 6.10 Å². The second kappa shape index (κ2) is 9.46. The number of carbonyl (C=O) groups is 1. The number of hydrogen-bond acceptors (Lipinski definition) is 2. The lowest BCUT2D eigenvalue weighted by Crippen LogP contribution is -2.11. The standard InChI is InChI=1S/C22H30O2/c1-4-5-6-7-8-9-10-17(2)24-22-14-13-20-15-19(18(3)23)11-12-21(20)16-22/h11-17H,4-10H2,1-3H3. The number of fused-ring (bicyclic) bond motifs is 1. The number of unbranched alkanes of at least 4 members (excludes halogenated alkanes) is 5. The van der Waals surface area contributed by atoms with Crippen LogP contribution in [-0.4, -0.2) is 11.9 Å². The Balaban J connectivity index is 1.85. The number of Topliss-reactive ketones (excluding diaryl/α,β-unsaturated/α-hetero) is 1. The Morgan fingerprint density at radius 2 is 1.62 bits per heavy atom. The quantitative estimate of drug-likeness (QED) is 0.365. The van der Waals surface area contributed by atoms with E-state index in [1.165, 1.54) is 38.5 Å². The predicted octanol–water partition coefficient (Wildman–Crippen LogP) is 6.56. The van der Waals surface area contributed by atoms with Gasteiger partial charge in [0, 0.05) is 5.56 Å². The van der Waals surface area contributed by atoms with Gasteiger partial charge in [0.25, 0.3) is 0 Å². The first-order chi connectivity index (χ1) is 11.6. The lowest BCUT2D eigenvalue weighted by Gasteiger charge is -2.15. The van der Waals surface area contributed by atoms with Crippen LogP contribution in [0.4, 0.5) is 0 Å². The van der Waals surface area contributed by atoms with E-state index in [1.807, 2.05) is 30.3 Å². The summed E-state index contributed by atoms with van der Waals surface area (Å²) in [5, 5.41) is 2.20. The first kappa shape index (κ1) is 18.5. The molecule has 1 atom stereocenters. The van der Waals surface area contributed by atoms with Crippen LogP contribution in [0.3, 0.4) is 0 Å². The molecule has 24 heavy (non-hydrogen) atoms. The van der Waals surface area contributed by atoms with Gasteiger partial charge in [0.1, 0.15) is 5.75 Å². The maximum atomic E-state index is 11.5. The van der Waals surface area contributed by atoms with Crippen LogP contribution in [0.5, 0.6) is 5.75 Å².